The monoisotopic (exact) mass is 308 g/mol. The zero-order valence-electron chi connectivity index (χ0n) is 13.5. The highest BCUT2D eigenvalue weighted by molar-refractivity contribution is 5.83. The third-order valence-corrected chi connectivity index (χ3v) is 5.80. The molecule has 2 N–H and O–H groups in total. The first kappa shape index (κ1) is 15.8. The number of esters is 1. The molecule has 1 atom stereocenters. The molecule has 1 aliphatic heterocycles. The Morgan fingerprint density at radius 3 is 2.50 bits per heavy atom. The van der Waals surface area contributed by atoms with Crippen LogP contribution in [0.25, 0.3) is 0 Å². The van der Waals surface area contributed by atoms with Gasteiger partial charge in [-0.15, -0.1) is 0 Å². The van der Waals surface area contributed by atoms with Gasteiger partial charge in [-0.25, -0.2) is 0 Å². The fourth-order valence-corrected chi connectivity index (χ4v) is 4.23. The minimum Gasteiger partial charge on any atom is -0.466 e. The van der Waals surface area contributed by atoms with Gasteiger partial charge in [0.05, 0.1) is 12.5 Å². The van der Waals surface area contributed by atoms with Gasteiger partial charge in [-0.05, 0) is 70.4 Å². The van der Waals surface area contributed by atoms with Gasteiger partial charge in [-0.3, -0.25) is 9.59 Å². The summed E-state index contributed by atoms with van der Waals surface area (Å²) in [4.78, 5) is 24.2. The van der Waals surface area contributed by atoms with E-state index in [1.54, 1.807) is 0 Å². The molecule has 1 unspecified atom stereocenters. The van der Waals surface area contributed by atoms with E-state index in [0.29, 0.717) is 12.0 Å². The van der Waals surface area contributed by atoms with Crippen LogP contribution in [0.1, 0.15) is 51.9 Å². The lowest BCUT2D eigenvalue weighted by Gasteiger charge is -2.28. The Morgan fingerprint density at radius 1 is 1.18 bits per heavy atom. The van der Waals surface area contributed by atoms with Gasteiger partial charge in [-0.1, -0.05) is 0 Å². The molecule has 0 bridgehead atoms. The summed E-state index contributed by atoms with van der Waals surface area (Å²) in [6.45, 7) is 4.40. The number of ether oxygens (including phenoxy) is 1. The summed E-state index contributed by atoms with van der Waals surface area (Å²) in [7, 11) is 0. The second-order valence-corrected chi connectivity index (χ2v) is 7.18. The molecular weight excluding hydrogens is 280 g/mol. The minimum atomic E-state index is -0.0665. The van der Waals surface area contributed by atoms with E-state index in [1.165, 1.54) is 0 Å². The van der Waals surface area contributed by atoms with Crippen LogP contribution in [0, 0.1) is 17.3 Å². The van der Waals surface area contributed by atoms with Crippen molar-refractivity contribution in [1.29, 1.82) is 0 Å². The summed E-state index contributed by atoms with van der Waals surface area (Å²) < 4.78 is 5.09. The van der Waals surface area contributed by atoms with Crippen molar-refractivity contribution in [3.05, 3.63) is 0 Å². The Bertz CT molecular complexity index is 424. The van der Waals surface area contributed by atoms with E-state index in [4.69, 9.17) is 4.74 Å². The molecule has 1 heterocycles. The third kappa shape index (κ3) is 3.29. The average molecular weight is 308 g/mol. The zero-order valence-corrected chi connectivity index (χ0v) is 13.5. The number of hydrogen-bond acceptors (Lipinski definition) is 4. The van der Waals surface area contributed by atoms with Gasteiger partial charge in [0.15, 0.2) is 0 Å². The van der Waals surface area contributed by atoms with E-state index in [0.717, 1.165) is 58.0 Å². The fourth-order valence-electron chi connectivity index (χ4n) is 4.23. The summed E-state index contributed by atoms with van der Waals surface area (Å²) >= 11 is 0. The first-order valence-electron chi connectivity index (χ1n) is 8.82. The molecule has 3 rings (SSSR count). The predicted molar refractivity (Wildman–Crippen MR) is 83.2 cm³/mol. The number of rotatable bonds is 4. The lowest BCUT2D eigenvalue weighted by atomic mass is 9.85. The Hall–Kier alpha value is -1.10. The van der Waals surface area contributed by atoms with Crippen LogP contribution in [0.5, 0.6) is 0 Å². The maximum atomic E-state index is 12.4. The van der Waals surface area contributed by atoms with E-state index in [-0.39, 0.29) is 29.8 Å². The van der Waals surface area contributed by atoms with Crippen molar-refractivity contribution < 1.29 is 14.3 Å². The van der Waals surface area contributed by atoms with Crippen molar-refractivity contribution in [3.63, 3.8) is 0 Å². The lowest BCUT2D eigenvalue weighted by Crippen LogP contribution is -2.41. The maximum absolute atomic E-state index is 12.4. The first-order chi connectivity index (χ1) is 10.6. The number of carbonyl (C=O) groups excluding carboxylic acids is 2. The largest absolute Gasteiger partial charge is 0.466 e. The average Bonchev–Trinajstić information content (AvgIpc) is 3.22. The molecule has 124 valence electrons. The molecule has 2 saturated carbocycles. The van der Waals surface area contributed by atoms with Gasteiger partial charge in [0.1, 0.15) is 0 Å². The second-order valence-electron chi connectivity index (χ2n) is 7.18. The van der Waals surface area contributed by atoms with E-state index in [1.807, 2.05) is 6.92 Å². The van der Waals surface area contributed by atoms with Gasteiger partial charge in [0, 0.05) is 12.0 Å². The second kappa shape index (κ2) is 6.57. The molecule has 0 aromatic heterocycles. The Labute approximate surface area is 132 Å². The molecule has 5 heteroatoms. The van der Waals surface area contributed by atoms with E-state index < -0.39 is 0 Å². The van der Waals surface area contributed by atoms with Crippen molar-refractivity contribution in [2.24, 2.45) is 17.3 Å². The van der Waals surface area contributed by atoms with Gasteiger partial charge in [-0.2, -0.15) is 0 Å². The molecule has 0 aromatic carbocycles. The summed E-state index contributed by atoms with van der Waals surface area (Å²) in [5, 5.41) is 6.60. The number of carbonyl (C=O) groups is 2. The molecule has 1 saturated heterocycles. The number of hydrogen-bond donors (Lipinski definition) is 2. The topological polar surface area (TPSA) is 67.4 Å². The van der Waals surface area contributed by atoms with Crippen molar-refractivity contribution >= 4 is 11.9 Å². The molecule has 5 nitrogen and oxygen atoms in total. The smallest absolute Gasteiger partial charge is 0.308 e. The number of piperidine rings is 1. The highest BCUT2D eigenvalue weighted by Gasteiger charge is 2.57. The van der Waals surface area contributed by atoms with E-state index in [2.05, 4.69) is 10.6 Å². The highest BCUT2D eigenvalue weighted by atomic mass is 16.5. The molecule has 0 radical (unpaired) electrons. The van der Waals surface area contributed by atoms with Crippen LogP contribution < -0.4 is 10.6 Å². The fraction of sp³-hybridized carbons (Fsp3) is 0.882. The molecule has 3 aliphatic rings. The number of amides is 1. The SMILES string of the molecule is CCOC(=O)C1CCC(NC(=O)C2CC23CCNCC3)CC1. The normalized spacial score (nSPS) is 33.2. The molecule has 3 fully saturated rings. The predicted octanol–water partition coefficient (Wildman–Crippen LogP) is 1.61. The molecule has 1 spiro atoms. The van der Waals surface area contributed by atoms with Crippen molar-refractivity contribution in [2.45, 2.75) is 57.9 Å². The van der Waals surface area contributed by atoms with Crippen LogP contribution in [0.3, 0.4) is 0 Å². The van der Waals surface area contributed by atoms with Crippen LogP contribution in [0.2, 0.25) is 0 Å². The summed E-state index contributed by atoms with van der Waals surface area (Å²) in [5.41, 5.74) is 0.303. The van der Waals surface area contributed by atoms with Crippen LogP contribution in [0.4, 0.5) is 0 Å². The van der Waals surface area contributed by atoms with Gasteiger partial charge in [0.2, 0.25) is 5.91 Å². The van der Waals surface area contributed by atoms with Gasteiger partial charge in [0.25, 0.3) is 0 Å². The summed E-state index contributed by atoms with van der Waals surface area (Å²) in [6.07, 6.45) is 6.82. The maximum Gasteiger partial charge on any atom is 0.308 e. The third-order valence-electron chi connectivity index (χ3n) is 5.80. The van der Waals surface area contributed by atoms with Crippen LogP contribution in [0.15, 0.2) is 0 Å². The Morgan fingerprint density at radius 2 is 1.86 bits per heavy atom. The molecule has 22 heavy (non-hydrogen) atoms. The zero-order chi connectivity index (χ0) is 15.6. The van der Waals surface area contributed by atoms with E-state index >= 15 is 0 Å². The Balaban J connectivity index is 1.42. The van der Waals surface area contributed by atoms with Crippen molar-refractivity contribution in [2.75, 3.05) is 19.7 Å². The quantitative estimate of drug-likeness (QED) is 0.774. The summed E-state index contributed by atoms with van der Waals surface area (Å²) in [6, 6.07) is 0.248. The Kier molecular flexibility index (Phi) is 4.71. The van der Waals surface area contributed by atoms with E-state index in [9.17, 15) is 9.59 Å². The summed E-state index contributed by atoms with van der Waals surface area (Å²) in [5.74, 6) is 0.451. The molecule has 2 aliphatic carbocycles. The molecular formula is C17H28N2O3. The molecule has 0 aromatic rings. The highest BCUT2D eigenvalue weighted by Crippen LogP contribution is 2.58. The van der Waals surface area contributed by atoms with Crippen LogP contribution in [-0.2, 0) is 14.3 Å². The van der Waals surface area contributed by atoms with Gasteiger partial charge >= 0.3 is 5.97 Å². The minimum absolute atomic E-state index is 0.0322. The lowest BCUT2D eigenvalue weighted by molar-refractivity contribution is -0.149. The van der Waals surface area contributed by atoms with Crippen LogP contribution >= 0.6 is 0 Å². The van der Waals surface area contributed by atoms with Crippen molar-refractivity contribution in [3.8, 4) is 0 Å². The first-order valence-corrected chi connectivity index (χ1v) is 8.82. The van der Waals surface area contributed by atoms with Crippen LogP contribution in [-0.4, -0.2) is 37.6 Å². The number of nitrogens with one attached hydrogen (secondary N) is 2. The van der Waals surface area contributed by atoms with Gasteiger partial charge < -0.3 is 15.4 Å². The van der Waals surface area contributed by atoms with Crippen molar-refractivity contribution in [1.82, 2.24) is 10.6 Å². The standard InChI is InChI=1S/C17H28N2O3/c1-2-22-16(21)12-3-5-13(6-4-12)19-15(20)14-11-17(14)7-9-18-10-8-17/h12-14,18H,2-11H2,1H3,(H,19,20). The molecule has 1 amide bonds.